The van der Waals surface area contributed by atoms with Crippen molar-refractivity contribution in [3.63, 3.8) is 0 Å². The van der Waals surface area contributed by atoms with Crippen LogP contribution in [0.15, 0.2) is 10.3 Å². The van der Waals surface area contributed by atoms with Gasteiger partial charge in [0.05, 0.1) is 6.04 Å². The van der Waals surface area contributed by atoms with Crippen LogP contribution in [0, 0.1) is 11.8 Å². The lowest BCUT2D eigenvalue weighted by Gasteiger charge is -2.55. The fourth-order valence-electron chi connectivity index (χ4n) is 3.33. The monoisotopic (exact) mass is 257 g/mol. The van der Waals surface area contributed by atoms with Crippen molar-refractivity contribution in [1.29, 1.82) is 0 Å². The van der Waals surface area contributed by atoms with Gasteiger partial charge in [-0.3, -0.25) is 0 Å². The number of anilines is 2. The molecule has 9 nitrogen and oxygen atoms in total. The largest absolute Gasteiger partial charge is 0.368 e. The lowest BCUT2D eigenvalue weighted by molar-refractivity contribution is 0.0192. The Morgan fingerprint density at radius 1 is 1.16 bits per heavy atom. The van der Waals surface area contributed by atoms with Gasteiger partial charge >= 0.3 is 0 Å². The lowest BCUT2D eigenvalue weighted by atomic mass is 9.56. The highest BCUT2D eigenvalue weighted by Crippen LogP contribution is 2.53. The highest BCUT2D eigenvalue weighted by atomic mass is 15.7. The molecule has 0 spiro atoms. The molecule has 9 heteroatoms. The molecule has 2 aliphatic carbocycles. The summed E-state index contributed by atoms with van der Waals surface area (Å²) in [6.45, 7) is 0. The van der Waals surface area contributed by atoms with Crippen molar-refractivity contribution in [2.24, 2.45) is 22.2 Å². The van der Waals surface area contributed by atoms with Crippen LogP contribution in [0.2, 0.25) is 0 Å². The van der Waals surface area contributed by atoms with Gasteiger partial charge in [-0.25, -0.2) is 9.41 Å². The molecule has 1 aliphatic heterocycles. The summed E-state index contributed by atoms with van der Waals surface area (Å²) in [6.07, 6.45) is 3.75. The van der Waals surface area contributed by atoms with E-state index >= 15 is 0 Å². The van der Waals surface area contributed by atoms with Crippen molar-refractivity contribution in [1.82, 2.24) is 24.6 Å². The van der Waals surface area contributed by atoms with E-state index in [0.29, 0.717) is 29.6 Å². The number of nitrogen functional groups attached to an aromatic ring is 1. The second-order valence-corrected chi connectivity index (χ2v) is 5.36. The standard InChI is InChI=1S/C10H11N9/c11-7-12-8-14-15-9-16-17-19(10(13-7)18(8)9)6-3-4-1-2-5(4)6/h4-6H,1-3H2,(H2,11,12,14). The molecule has 2 saturated carbocycles. The molecule has 3 unspecified atom stereocenters. The van der Waals surface area contributed by atoms with Crippen molar-refractivity contribution in [2.45, 2.75) is 25.3 Å². The van der Waals surface area contributed by atoms with Crippen molar-refractivity contribution >= 4 is 23.6 Å². The normalized spacial score (nSPS) is 30.9. The van der Waals surface area contributed by atoms with Gasteiger partial charge in [-0.2, -0.15) is 9.97 Å². The molecule has 96 valence electrons. The van der Waals surface area contributed by atoms with E-state index in [1.165, 1.54) is 12.8 Å². The van der Waals surface area contributed by atoms with Crippen LogP contribution < -0.4 is 10.7 Å². The summed E-state index contributed by atoms with van der Waals surface area (Å²) in [6, 6.07) is 0.371. The lowest BCUT2D eigenvalue weighted by Crippen LogP contribution is -2.56. The van der Waals surface area contributed by atoms with Crippen LogP contribution in [-0.2, 0) is 0 Å². The van der Waals surface area contributed by atoms with Crippen molar-refractivity contribution in [3.05, 3.63) is 0 Å². The van der Waals surface area contributed by atoms with Crippen LogP contribution in [-0.4, -0.2) is 30.6 Å². The summed E-state index contributed by atoms with van der Waals surface area (Å²) < 4.78 is 1.70. The molecule has 0 amide bonds. The van der Waals surface area contributed by atoms with Gasteiger partial charge in [-0.15, -0.1) is 10.2 Å². The molecule has 0 saturated heterocycles. The van der Waals surface area contributed by atoms with Gasteiger partial charge < -0.3 is 5.73 Å². The molecule has 0 radical (unpaired) electrons. The van der Waals surface area contributed by atoms with E-state index < -0.39 is 0 Å². The summed E-state index contributed by atoms with van der Waals surface area (Å²) in [5, 5.41) is 18.0. The molecular formula is C10H11N9. The summed E-state index contributed by atoms with van der Waals surface area (Å²) in [5.41, 5.74) is 5.73. The number of hydrogen-bond acceptors (Lipinski definition) is 8. The molecule has 0 bridgehead atoms. The minimum absolute atomic E-state index is 0.188. The SMILES string of the molecule is Nc1nc2n3c(nnc3n1)N=NN2C1CC2CCC21. The molecule has 2 N–H and O–H groups in total. The Kier molecular flexibility index (Phi) is 1.50. The molecule has 0 aromatic carbocycles. The second-order valence-electron chi connectivity index (χ2n) is 5.36. The minimum atomic E-state index is 0.188. The number of aromatic nitrogens is 5. The van der Waals surface area contributed by atoms with Crippen LogP contribution in [0.1, 0.15) is 19.3 Å². The molecule has 5 rings (SSSR count). The predicted octanol–water partition coefficient (Wildman–Crippen LogP) is 0.719. The zero-order chi connectivity index (χ0) is 12.6. The highest BCUT2D eigenvalue weighted by Gasteiger charge is 2.51. The van der Waals surface area contributed by atoms with Crippen molar-refractivity contribution < 1.29 is 0 Å². The third-order valence-electron chi connectivity index (χ3n) is 4.52. The Bertz CT molecular complexity index is 719. The van der Waals surface area contributed by atoms with E-state index in [9.17, 15) is 0 Å². The van der Waals surface area contributed by atoms with E-state index in [2.05, 4.69) is 30.5 Å². The molecular weight excluding hydrogens is 246 g/mol. The maximum atomic E-state index is 5.73. The average Bonchev–Trinajstić information content (AvgIpc) is 2.78. The molecule has 3 heterocycles. The summed E-state index contributed by atoms with van der Waals surface area (Å²) in [5.74, 6) is 3.22. The minimum Gasteiger partial charge on any atom is -0.368 e. The van der Waals surface area contributed by atoms with Crippen molar-refractivity contribution in [3.8, 4) is 0 Å². The van der Waals surface area contributed by atoms with Crippen LogP contribution in [0.25, 0.3) is 5.78 Å². The van der Waals surface area contributed by atoms with Gasteiger partial charge in [-0.05, 0) is 31.1 Å². The fraction of sp³-hybridized carbons (Fsp3) is 0.600. The molecule has 2 fully saturated rings. The van der Waals surface area contributed by atoms with Crippen molar-refractivity contribution in [2.75, 3.05) is 10.7 Å². The maximum Gasteiger partial charge on any atom is 0.280 e. The van der Waals surface area contributed by atoms with Gasteiger partial charge in [0.25, 0.3) is 11.7 Å². The average molecular weight is 257 g/mol. The van der Waals surface area contributed by atoms with Gasteiger partial charge in [0.1, 0.15) is 0 Å². The second kappa shape index (κ2) is 2.98. The summed E-state index contributed by atoms with van der Waals surface area (Å²) >= 11 is 0. The first-order valence-corrected chi connectivity index (χ1v) is 6.41. The number of rotatable bonds is 1. The van der Waals surface area contributed by atoms with Crippen LogP contribution in [0.3, 0.4) is 0 Å². The Morgan fingerprint density at radius 2 is 2.11 bits per heavy atom. The number of hydrogen-bond donors (Lipinski definition) is 1. The first kappa shape index (κ1) is 9.59. The molecule has 2 aromatic rings. The Labute approximate surface area is 107 Å². The number of nitrogens with two attached hydrogens (primary N) is 1. The zero-order valence-corrected chi connectivity index (χ0v) is 10.0. The Balaban J connectivity index is 1.68. The molecule has 2 aromatic heterocycles. The quantitative estimate of drug-likeness (QED) is 0.805. The summed E-state index contributed by atoms with van der Waals surface area (Å²) in [7, 11) is 0. The van der Waals surface area contributed by atoms with Gasteiger partial charge in [0.15, 0.2) is 0 Å². The van der Waals surface area contributed by atoms with E-state index in [0.717, 1.165) is 12.3 Å². The number of nitrogens with zero attached hydrogens (tertiary/aromatic N) is 8. The van der Waals surface area contributed by atoms with Crippen LogP contribution >= 0.6 is 0 Å². The van der Waals surface area contributed by atoms with E-state index in [-0.39, 0.29) is 5.95 Å². The molecule has 3 atom stereocenters. The van der Waals surface area contributed by atoms with Gasteiger partial charge in [0.2, 0.25) is 11.9 Å². The van der Waals surface area contributed by atoms with Gasteiger partial charge in [-0.1, -0.05) is 10.3 Å². The molecule has 19 heavy (non-hydrogen) atoms. The Hall–Kier alpha value is -2.32. The van der Waals surface area contributed by atoms with Gasteiger partial charge in [0, 0.05) is 0 Å². The smallest absolute Gasteiger partial charge is 0.280 e. The fourth-order valence-corrected chi connectivity index (χ4v) is 3.33. The highest BCUT2D eigenvalue weighted by molar-refractivity contribution is 5.52. The van der Waals surface area contributed by atoms with E-state index in [1.54, 1.807) is 4.40 Å². The first-order chi connectivity index (χ1) is 9.31. The third-order valence-corrected chi connectivity index (χ3v) is 4.52. The van der Waals surface area contributed by atoms with E-state index in [1.807, 2.05) is 5.01 Å². The maximum absolute atomic E-state index is 5.73. The third kappa shape index (κ3) is 1.06. The number of fused-ring (bicyclic) bond motifs is 1. The first-order valence-electron chi connectivity index (χ1n) is 6.41. The predicted molar refractivity (Wildman–Crippen MR) is 64.6 cm³/mol. The molecule has 3 aliphatic rings. The topological polar surface area (TPSA) is 110 Å². The van der Waals surface area contributed by atoms with Crippen LogP contribution in [0.4, 0.5) is 17.8 Å². The zero-order valence-electron chi connectivity index (χ0n) is 10.0. The summed E-state index contributed by atoms with van der Waals surface area (Å²) in [4.78, 5) is 8.35. The van der Waals surface area contributed by atoms with E-state index in [4.69, 9.17) is 5.73 Å². The Morgan fingerprint density at radius 3 is 2.84 bits per heavy atom. The van der Waals surface area contributed by atoms with Crippen LogP contribution in [0.5, 0.6) is 0 Å².